The number of hydrogen-bond donors (Lipinski definition) is 2. The smallest absolute Gasteiger partial charge is 0.285 e. The molecule has 0 atom stereocenters. The third kappa shape index (κ3) is 2.91. The Bertz CT molecular complexity index is 1150. The Hall–Kier alpha value is -3.60. The standard InChI is InChI=1S/C21H17N3O2/c22-18-8-6-15(7-9-18)16-4-1-3-14(11-16)12-17-13-20(25)24(26)21-19(17)5-2-10-23-21/h1-11,13,26H,12,22H2. The number of anilines is 1. The molecule has 4 aromatic rings. The van der Waals surface area contributed by atoms with Crippen molar-refractivity contribution in [1.29, 1.82) is 0 Å². The van der Waals surface area contributed by atoms with E-state index in [9.17, 15) is 10.0 Å². The topological polar surface area (TPSA) is 81.1 Å². The summed E-state index contributed by atoms with van der Waals surface area (Å²) in [5.41, 5.74) is 10.3. The molecule has 0 bridgehead atoms. The van der Waals surface area contributed by atoms with Crippen LogP contribution in [0.25, 0.3) is 22.2 Å². The summed E-state index contributed by atoms with van der Waals surface area (Å²) in [5.74, 6) is 0. The zero-order chi connectivity index (χ0) is 18.1. The molecule has 3 N–H and O–H groups in total. The molecule has 2 aromatic carbocycles. The van der Waals surface area contributed by atoms with Crippen molar-refractivity contribution in [1.82, 2.24) is 9.71 Å². The molecule has 4 rings (SSSR count). The molecular weight excluding hydrogens is 326 g/mol. The predicted molar refractivity (Wildman–Crippen MR) is 102 cm³/mol. The Balaban J connectivity index is 1.76. The molecule has 0 aliphatic rings. The van der Waals surface area contributed by atoms with Crippen molar-refractivity contribution in [2.45, 2.75) is 6.42 Å². The normalized spacial score (nSPS) is 10.9. The summed E-state index contributed by atoms with van der Waals surface area (Å²) in [5, 5.41) is 10.7. The lowest BCUT2D eigenvalue weighted by Crippen LogP contribution is -2.19. The highest BCUT2D eigenvalue weighted by atomic mass is 16.5. The minimum Gasteiger partial charge on any atom is -0.423 e. The summed E-state index contributed by atoms with van der Waals surface area (Å²) in [6.07, 6.45) is 2.13. The van der Waals surface area contributed by atoms with Crippen LogP contribution in [0.15, 0.2) is 77.7 Å². The van der Waals surface area contributed by atoms with Crippen LogP contribution in [-0.4, -0.2) is 14.9 Å². The molecule has 0 aliphatic heterocycles. The fourth-order valence-corrected chi connectivity index (χ4v) is 3.11. The van der Waals surface area contributed by atoms with Crippen molar-refractivity contribution in [2.24, 2.45) is 0 Å². The molecular formula is C21H17N3O2. The van der Waals surface area contributed by atoms with E-state index in [4.69, 9.17) is 5.73 Å². The van der Waals surface area contributed by atoms with E-state index in [1.807, 2.05) is 48.5 Å². The van der Waals surface area contributed by atoms with Gasteiger partial charge in [-0.25, -0.2) is 4.98 Å². The number of nitrogens with two attached hydrogens (primary N) is 1. The van der Waals surface area contributed by atoms with Gasteiger partial charge in [0.25, 0.3) is 5.56 Å². The van der Waals surface area contributed by atoms with Crippen molar-refractivity contribution >= 4 is 16.7 Å². The number of pyridine rings is 2. The Morgan fingerprint density at radius 3 is 2.58 bits per heavy atom. The molecule has 0 spiro atoms. The molecule has 0 fully saturated rings. The van der Waals surface area contributed by atoms with Gasteiger partial charge in [0, 0.05) is 23.3 Å². The number of fused-ring (bicyclic) bond motifs is 1. The first kappa shape index (κ1) is 15.9. The van der Waals surface area contributed by atoms with Gasteiger partial charge in [-0.05, 0) is 52.9 Å². The molecule has 2 aromatic heterocycles. The van der Waals surface area contributed by atoms with Crippen LogP contribution in [0.3, 0.4) is 0 Å². The van der Waals surface area contributed by atoms with Gasteiger partial charge in [-0.1, -0.05) is 36.4 Å². The number of benzene rings is 2. The first-order valence-corrected chi connectivity index (χ1v) is 8.25. The van der Waals surface area contributed by atoms with Gasteiger partial charge in [0.05, 0.1) is 0 Å². The lowest BCUT2D eigenvalue weighted by atomic mass is 9.98. The van der Waals surface area contributed by atoms with Crippen LogP contribution in [0.5, 0.6) is 0 Å². The van der Waals surface area contributed by atoms with E-state index in [0.29, 0.717) is 11.2 Å². The summed E-state index contributed by atoms with van der Waals surface area (Å²) in [4.78, 5) is 16.1. The molecule has 5 heteroatoms. The third-order valence-corrected chi connectivity index (χ3v) is 4.41. The quantitative estimate of drug-likeness (QED) is 0.441. The number of nitrogen functional groups attached to an aromatic ring is 1. The highest BCUT2D eigenvalue weighted by Crippen LogP contribution is 2.24. The molecule has 2 heterocycles. The molecule has 0 aliphatic carbocycles. The second-order valence-corrected chi connectivity index (χ2v) is 6.19. The van der Waals surface area contributed by atoms with E-state index in [0.717, 1.165) is 33.3 Å². The van der Waals surface area contributed by atoms with Crippen LogP contribution in [0.2, 0.25) is 0 Å². The molecule has 0 saturated heterocycles. The fraction of sp³-hybridized carbons (Fsp3) is 0.0476. The van der Waals surface area contributed by atoms with Crippen molar-refractivity contribution in [3.05, 3.63) is 94.4 Å². The molecule has 0 saturated carbocycles. The van der Waals surface area contributed by atoms with Gasteiger partial charge in [0.1, 0.15) is 0 Å². The Morgan fingerprint density at radius 1 is 0.962 bits per heavy atom. The Morgan fingerprint density at radius 2 is 1.77 bits per heavy atom. The average molecular weight is 343 g/mol. The Labute approximate surface area is 149 Å². The van der Waals surface area contributed by atoms with E-state index >= 15 is 0 Å². The van der Waals surface area contributed by atoms with E-state index in [2.05, 4.69) is 11.1 Å². The number of hydrogen-bond acceptors (Lipinski definition) is 4. The summed E-state index contributed by atoms with van der Waals surface area (Å²) in [7, 11) is 0. The van der Waals surface area contributed by atoms with Gasteiger partial charge in [-0.15, -0.1) is 4.73 Å². The molecule has 5 nitrogen and oxygen atoms in total. The van der Waals surface area contributed by atoms with Crippen LogP contribution in [0.4, 0.5) is 5.69 Å². The van der Waals surface area contributed by atoms with Gasteiger partial charge >= 0.3 is 0 Å². The summed E-state index contributed by atoms with van der Waals surface area (Å²) >= 11 is 0. The largest absolute Gasteiger partial charge is 0.423 e. The highest BCUT2D eigenvalue weighted by molar-refractivity contribution is 5.79. The molecule has 0 unspecified atom stereocenters. The van der Waals surface area contributed by atoms with Gasteiger partial charge in [-0.2, -0.15) is 0 Å². The number of rotatable bonds is 3. The first-order valence-electron chi connectivity index (χ1n) is 8.25. The summed E-state index contributed by atoms with van der Waals surface area (Å²) in [6, 6.07) is 21.0. The first-order chi connectivity index (χ1) is 12.6. The van der Waals surface area contributed by atoms with Crippen LogP contribution >= 0.6 is 0 Å². The molecule has 128 valence electrons. The molecule has 0 radical (unpaired) electrons. The van der Waals surface area contributed by atoms with E-state index < -0.39 is 5.56 Å². The van der Waals surface area contributed by atoms with Crippen LogP contribution < -0.4 is 11.3 Å². The van der Waals surface area contributed by atoms with Gasteiger partial charge in [0.2, 0.25) is 0 Å². The second kappa shape index (κ2) is 6.37. The zero-order valence-electron chi connectivity index (χ0n) is 14.0. The monoisotopic (exact) mass is 343 g/mol. The number of aromatic nitrogens is 2. The minimum absolute atomic E-state index is 0.268. The van der Waals surface area contributed by atoms with Crippen molar-refractivity contribution in [3.63, 3.8) is 0 Å². The summed E-state index contributed by atoms with van der Waals surface area (Å²) < 4.78 is 0.587. The van der Waals surface area contributed by atoms with Crippen LogP contribution in [0, 0.1) is 0 Å². The van der Waals surface area contributed by atoms with E-state index in [-0.39, 0.29) is 5.65 Å². The second-order valence-electron chi connectivity index (χ2n) is 6.19. The van der Waals surface area contributed by atoms with Crippen molar-refractivity contribution in [3.8, 4) is 11.1 Å². The van der Waals surface area contributed by atoms with Crippen molar-refractivity contribution in [2.75, 3.05) is 5.73 Å². The minimum atomic E-state index is -0.485. The lowest BCUT2D eigenvalue weighted by Gasteiger charge is -2.10. The molecule has 26 heavy (non-hydrogen) atoms. The average Bonchev–Trinajstić information content (AvgIpc) is 2.67. The maximum Gasteiger partial charge on any atom is 0.285 e. The maximum absolute atomic E-state index is 12.0. The number of nitrogens with zero attached hydrogens (tertiary/aromatic N) is 2. The third-order valence-electron chi connectivity index (χ3n) is 4.41. The van der Waals surface area contributed by atoms with Crippen LogP contribution in [-0.2, 0) is 6.42 Å². The van der Waals surface area contributed by atoms with E-state index in [1.54, 1.807) is 12.3 Å². The summed E-state index contributed by atoms with van der Waals surface area (Å²) in [6.45, 7) is 0. The highest BCUT2D eigenvalue weighted by Gasteiger charge is 2.10. The van der Waals surface area contributed by atoms with Gasteiger partial charge in [-0.3, -0.25) is 4.79 Å². The van der Waals surface area contributed by atoms with Gasteiger partial charge in [0.15, 0.2) is 5.65 Å². The fourth-order valence-electron chi connectivity index (χ4n) is 3.11. The predicted octanol–water partition coefficient (Wildman–Crippen LogP) is 3.47. The van der Waals surface area contributed by atoms with E-state index in [1.165, 1.54) is 6.07 Å². The van der Waals surface area contributed by atoms with Crippen molar-refractivity contribution < 1.29 is 5.21 Å². The lowest BCUT2D eigenvalue weighted by molar-refractivity contribution is 0.186. The zero-order valence-corrected chi connectivity index (χ0v) is 14.0. The van der Waals surface area contributed by atoms with Gasteiger partial charge < -0.3 is 10.9 Å². The van der Waals surface area contributed by atoms with Crippen LogP contribution in [0.1, 0.15) is 11.1 Å². The maximum atomic E-state index is 12.0. The SMILES string of the molecule is Nc1ccc(-c2cccc(Cc3cc(=O)n(O)c4ncccc34)c2)cc1. The molecule has 0 amide bonds. The Kier molecular flexibility index (Phi) is 3.89.